The van der Waals surface area contributed by atoms with Crippen molar-refractivity contribution >= 4 is 5.97 Å². The number of hydrogen-bond donors (Lipinski definition) is 1. The summed E-state index contributed by atoms with van der Waals surface area (Å²) in [7, 11) is 0. The summed E-state index contributed by atoms with van der Waals surface area (Å²) in [6, 6.07) is 4.85. The molecule has 0 saturated carbocycles. The third-order valence-electron chi connectivity index (χ3n) is 2.98. The van der Waals surface area contributed by atoms with Crippen molar-refractivity contribution in [3.8, 4) is 11.5 Å². The summed E-state index contributed by atoms with van der Waals surface area (Å²) in [6.45, 7) is 2.02. The number of ether oxygens (including phenoxy) is 2. The highest BCUT2D eigenvalue weighted by molar-refractivity contribution is 5.75. The molecule has 0 amide bonds. The number of aliphatic carboxylic acids is 1. The third kappa shape index (κ3) is 2.41. The highest BCUT2D eigenvalue weighted by Gasteiger charge is 2.24. The molecule has 5 heteroatoms. The lowest BCUT2D eigenvalue weighted by Crippen LogP contribution is -2.36. The molecule has 0 saturated heterocycles. The summed E-state index contributed by atoms with van der Waals surface area (Å²) in [5.74, 6) is -1.24. The quantitative estimate of drug-likeness (QED) is 0.820. The van der Waals surface area contributed by atoms with Crippen LogP contribution in [-0.2, 0) is 4.79 Å². The van der Waals surface area contributed by atoms with E-state index in [2.05, 4.69) is 0 Å². The number of aliphatic hydroxyl groups is 1. The number of rotatable bonds is 5. The van der Waals surface area contributed by atoms with Gasteiger partial charge in [0, 0.05) is 5.92 Å². The minimum atomic E-state index is -1.28. The molecule has 1 aliphatic heterocycles. The molecule has 0 aromatic heterocycles. The van der Waals surface area contributed by atoms with E-state index in [0.717, 1.165) is 0 Å². The van der Waals surface area contributed by atoms with Crippen LogP contribution >= 0.6 is 0 Å². The Bertz CT molecular complexity index is 443. The fourth-order valence-corrected chi connectivity index (χ4v) is 2.08. The van der Waals surface area contributed by atoms with Gasteiger partial charge in [0.2, 0.25) is 6.79 Å². The molecular weight excluding hydrogens is 236 g/mol. The molecular formula is C13H15O5-. The predicted molar refractivity (Wildman–Crippen MR) is 61.2 cm³/mol. The van der Waals surface area contributed by atoms with Crippen molar-refractivity contribution in [2.24, 2.45) is 0 Å². The van der Waals surface area contributed by atoms with Crippen molar-refractivity contribution < 1.29 is 24.5 Å². The molecule has 1 N–H and O–H groups in total. The Morgan fingerprint density at radius 1 is 1.44 bits per heavy atom. The molecule has 0 bridgehead atoms. The van der Waals surface area contributed by atoms with Gasteiger partial charge in [-0.2, -0.15) is 0 Å². The topological polar surface area (TPSA) is 78.8 Å². The van der Waals surface area contributed by atoms with Crippen molar-refractivity contribution in [1.82, 2.24) is 0 Å². The van der Waals surface area contributed by atoms with Crippen LogP contribution in [0.1, 0.15) is 31.2 Å². The molecule has 1 aliphatic rings. The Morgan fingerprint density at radius 2 is 2.17 bits per heavy atom. The van der Waals surface area contributed by atoms with E-state index in [1.54, 1.807) is 18.2 Å². The second-order valence-electron chi connectivity index (χ2n) is 4.27. The molecule has 1 aromatic rings. The monoisotopic (exact) mass is 251 g/mol. The van der Waals surface area contributed by atoms with Crippen LogP contribution in [0.25, 0.3) is 0 Å². The standard InChI is InChI=1S/C13H16O5/c1-2-3-9(14)12(13(15)16)8-4-5-10-11(6-8)18-7-17-10/h4-6,9,12,14H,2-3,7H2,1H3,(H,15,16)/p-1. The van der Waals surface area contributed by atoms with Crippen LogP contribution in [0.2, 0.25) is 0 Å². The normalized spacial score (nSPS) is 16.3. The van der Waals surface area contributed by atoms with Gasteiger partial charge < -0.3 is 24.5 Å². The average Bonchev–Trinajstić information content (AvgIpc) is 2.76. The SMILES string of the molecule is CCCC(O)C(C(=O)[O-])c1ccc2c(c1)OCO2. The van der Waals surface area contributed by atoms with Gasteiger partial charge in [-0.3, -0.25) is 0 Å². The van der Waals surface area contributed by atoms with Gasteiger partial charge in [0.25, 0.3) is 0 Å². The number of carboxylic acids is 1. The van der Waals surface area contributed by atoms with Crippen LogP contribution in [-0.4, -0.2) is 24.0 Å². The first-order chi connectivity index (χ1) is 8.63. The van der Waals surface area contributed by atoms with Gasteiger partial charge in [-0.25, -0.2) is 0 Å². The Morgan fingerprint density at radius 3 is 2.83 bits per heavy atom. The maximum Gasteiger partial charge on any atom is 0.231 e. The third-order valence-corrected chi connectivity index (χ3v) is 2.98. The van der Waals surface area contributed by atoms with Crippen molar-refractivity contribution in [1.29, 1.82) is 0 Å². The van der Waals surface area contributed by atoms with Gasteiger partial charge in [0.15, 0.2) is 11.5 Å². The van der Waals surface area contributed by atoms with Gasteiger partial charge in [0.05, 0.1) is 12.1 Å². The largest absolute Gasteiger partial charge is 0.549 e. The fraction of sp³-hybridized carbons (Fsp3) is 0.462. The molecule has 0 radical (unpaired) electrons. The van der Waals surface area contributed by atoms with E-state index in [-0.39, 0.29) is 6.79 Å². The maximum atomic E-state index is 11.2. The molecule has 1 heterocycles. The van der Waals surface area contributed by atoms with Crippen molar-refractivity contribution in [3.05, 3.63) is 23.8 Å². The van der Waals surface area contributed by atoms with Crippen LogP contribution in [0.15, 0.2) is 18.2 Å². The number of aliphatic hydroxyl groups excluding tert-OH is 1. The number of hydrogen-bond acceptors (Lipinski definition) is 5. The van der Waals surface area contributed by atoms with Crippen LogP contribution in [0.3, 0.4) is 0 Å². The van der Waals surface area contributed by atoms with Crippen LogP contribution in [0, 0.1) is 0 Å². The summed E-state index contributed by atoms with van der Waals surface area (Å²) >= 11 is 0. The lowest BCUT2D eigenvalue weighted by atomic mass is 9.91. The first-order valence-corrected chi connectivity index (χ1v) is 5.92. The van der Waals surface area contributed by atoms with Crippen molar-refractivity contribution in [3.63, 3.8) is 0 Å². The number of benzene rings is 1. The Labute approximate surface area is 105 Å². The molecule has 0 aliphatic carbocycles. The van der Waals surface area contributed by atoms with E-state index >= 15 is 0 Å². The number of fused-ring (bicyclic) bond motifs is 1. The van der Waals surface area contributed by atoms with Gasteiger partial charge in [-0.15, -0.1) is 0 Å². The summed E-state index contributed by atoms with van der Waals surface area (Å²) < 4.78 is 10.3. The first kappa shape index (κ1) is 12.7. The van der Waals surface area contributed by atoms with E-state index in [1.165, 1.54) is 0 Å². The van der Waals surface area contributed by atoms with Crippen LogP contribution in [0.4, 0.5) is 0 Å². The molecule has 0 spiro atoms. The molecule has 98 valence electrons. The number of carbonyl (C=O) groups is 1. The van der Waals surface area contributed by atoms with E-state index in [9.17, 15) is 15.0 Å². The molecule has 0 fully saturated rings. The molecule has 2 unspecified atom stereocenters. The highest BCUT2D eigenvalue weighted by Crippen LogP contribution is 2.35. The van der Waals surface area contributed by atoms with Gasteiger partial charge >= 0.3 is 0 Å². The smallest absolute Gasteiger partial charge is 0.231 e. The zero-order chi connectivity index (χ0) is 13.1. The predicted octanol–water partition coefficient (Wildman–Crippen LogP) is 0.410. The fourth-order valence-electron chi connectivity index (χ4n) is 2.08. The minimum absolute atomic E-state index is 0.131. The molecule has 18 heavy (non-hydrogen) atoms. The summed E-state index contributed by atoms with van der Waals surface area (Å²) in [5, 5.41) is 21.1. The lowest BCUT2D eigenvalue weighted by Gasteiger charge is -2.24. The van der Waals surface area contributed by atoms with Gasteiger partial charge in [-0.1, -0.05) is 19.4 Å². The maximum absolute atomic E-state index is 11.2. The van der Waals surface area contributed by atoms with Gasteiger partial charge in [-0.05, 0) is 24.1 Å². The van der Waals surface area contributed by atoms with E-state index in [0.29, 0.717) is 29.9 Å². The number of carboxylic acid groups (broad SMARTS) is 1. The molecule has 1 aromatic carbocycles. The Hall–Kier alpha value is -1.75. The molecule has 5 nitrogen and oxygen atoms in total. The van der Waals surface area contributed by atoms with Crippen LogP contribution in [0.5, 0.6) is 11.5 Å². The van der Waals surface area contributed by atoms with E-state index < -0.39 is 18.0 Å². The first-order valence-electron chi connectivity index (χ1n) is 5.92. The van der Waals surface area contributed by atoms with Crippen molar-refractivity contribution in [2.45, 2.75) is 31.8 Å². The minimum Gasteiger partial charge on any atom is -0.549 e. The summed E-state index contributed by atoms with van der Waals surface area (Å²) in [5.41, 5.74) is 0.472. The summed E-state index contributed by atoms with van der Waals surface area (Å²) in [6.07, 6.45) is 0.156. The van der Waals surface area contributed by atoms with E-state index in [4.69, 9.17) is 9.47 Å². The average molecular weight is 251 g/mol. The second-order valence-corrected chi connectivity index (χ2v) is 4.27. The van der Waals surface area contributed by atoms with Crippen LogP contribution < -0.4 is 14.6 Å². The number of carbonyl (C=O) groups excluding carboxylic acids is 1. The Balaban J connectivity index is 2.28. The molecule has 2 atom stereocenters. The lowest BCUT2D eigenvalue weighted by molar-refractivity contribution is -0.310. The Kier molecular flexibility index (Phi) is 3.72. The summed E-state index contributed by atoms with van der Waals surface area (Å²) in [4.78, 5) is 11.2. The van der Waals surface area contributed by atoms with E-state index in [1.807, 2.05) is 6.92 Å². The second kappa shape index (κ2) is 5.27. The van der Waals surface area contributed by atoms with Gasteiger partial charge in [0.1, 0.15) is 0 Å². The molecule has 2 rings (SSSR count). The zero-order valence-corrected chi connectivity index (χ0v) is 10.1. The van der Waals surface area contributed by atoms with Crippen molar-refractivity contribution in [2.75, 3.05) is 6.79 Å². The zero-order valence-electron chi connectivity index (χ0n) is 10.1. The highest BCUT2D eigenvalue weighted by atomic mass is 16.7.